The summed E-state index contributed by atoms with van der Waals surface area (Å²) in [6.45, 7) is 1.42. The summed E-state index contributed by atoms with van der Waals surface area (Å²) in [7, 11) is 1.04. The van der Waals surface area contributed by atoms with Crippen molar-refractivity contribution >= 4 is 46.0 Å². The fourth-order valence-electron chi connectivity index (χ4n) is 2.66. The lowest BCUT2D eigenvalue weighted by atomic mass is 10.0. The van der Waals surface area contributed by atoms with Gasteiger partial charge in [-0.3, -0.25) is 20.2 Å². The summed E-state index contributed by atoms with van der Waals surface area (Å²) in [6, 6.07) is 3.58. The van der Waals surface area contributed by atoms with Gasteiger partial charge in [-0.1, -0.05) is 23.2 Å². The molecule has 0 spiro atoms. The number of nitriles is 1. The normalized spacial score (nSPS) is 11.1. The van der Waals surface area contributed by atoms with Crippen LogP contribution in [0.15, 0.2) is 18.2 Å². The van der Waals surface area contributed by atoms with E-state index in [9.17, 15) is 33.4 Å². The van der Waals surface area contributed by atoms with Gasteiger partial charge in [0, 0.05) is 13.1 Å². The number of hydrogen-bond acceptors (Lipinski definition) is 6. The van der Waals surface area contributed by atoms with Gasteiger partial charge in [-0.25, -0.2) is 0 Å². The number of halogens is 5. The Morgan fingerprint density at radius 3 is 2.14 bits per heavy atom. The first-order valence-electron chi connectivity index (χ1n) is 7.47. The van der Waals surface area contributed by atoms with Crippen LogP contribution in [0.4, 0.5) is 35.9 Å². The molecule has 0 unspecified atom stereocenters. The Bertz CT molecular complexity index is 1080. The van der Waals surface area contributed by atoms with E-state index >= 15 is 0 Å². The molecule has 13 heteroatoms. The Morgan fingerprint density at radius 2 is 1.69 bits per heavy atom. The molecule has 8 nitrogen and oxygen atoms in total. The fraction of sp³-hybridized carbons (Fsp3) is 0.188. The lowest BCUT2D eigenvalue weighted by molar-refractivity contribution is -0.394. The number of alkyl halides is 3. The number of non-ortho nitro benzene ring substituents is 1. The van der Waals surface area contributed by atoms with Crippen LogP contribution >= 0.6 is 23.2 Å². The van der Waals surface area contributed by atoms with Gasteiger partial charge in [0.1, 0.15) is 5.69 Å². The third-order valence-corrected chi connectivity index (χ3v) is 4.77. The monoisotopic (exact) mass is 448 g/mol. The Hall–Kier alpha value is -3.10. The number of benzene rings is 2. The highest BCUT2D eigenvalue weighted by Gasteiger charge is 2.41. The van der Waals surface area contributed by atoms with Gasteiger partial charge in [-0.2, -0.15) is 18.4 Å². The molecule has 0 fully saturated rings. The quantitative estimate of drug-likeness (QED) is 0.432. The molecule has 0 heterocycles. The molecule has 0 aliphatic rings. The van der Waals surface area contributed by atoms with E-state index in [1.807, 2.05) is 6.07 Å². The summed E-state index contributed by atoms with van der Waals surface area (Å²) in [5.74, 6) is 0. The standard InChI is InChI=1S/C16H9Cl2F3N4O4/c1-7-8(6-22)3-11(17)15(13(7)18)23(2)14-10(16(19,20)21)4-9(24(26)27)5-12(14)25(28)29/h3-5H,1-2H3. The summed E-state index contributed by atoms with van der Waals surface area (Å²) in [5, 5.41) is 31.0. The van der Waals surface area contributed by atoms with Crippen LogP contribution in [0.5, 0.6) is 0 Å². The molecule has 0 N–H and O–H groups in total. The van der Waals surface area contributed by atoms with Crippen molar-refractivity contribution in [2.24, 2.45) is 0 Å². The van der Waals surface area contributed by atoms with Crippen LogP contribution in [0.1, 0.15) is 16.7 Å². The van der Waals surface area contributed by atoms with Crippen molar-refractivity contribution in [3.63, 3.8) is 0 Å². The SMILES string of the molecule is Cc1c(C#N)cc(Cl)c(N(C)c2c([N+](=O)[O-])cc([N+](=O)[O-])cc2C(F)(F)F)c1Cl. The number of nitro groups is 2. The summed E-state index contributed by atoms with van der Waals surface area (Å²) < 4.78 is 40.9. The van der Waals surface area contributed by atoms with Crippen molar-refractivity contribution < 1.29 is 23.0 Å². The van der Waals surface area contributed by atoms with Gasteiger partial charge in [0.05, 0.1) is 48.8 Å². The average molecular weight is 449 g/mol. The molecule has 0 atom stereocenters. The zero-order valence-electron chi connectivity index (χ0n) is 14.5. The molecular weight excluding hydrogens is 440 g/mol. The molecule has 152 valence electrons. The topological polar surface area (TPSA) is 113 Å². The summed E-state index contributed by atoms with van der Waals surface area (Å²) in [4.78, 5) is 20.8. The van der Waals surface area contributed by atoms with Gasteiger partial charge in [0.2, 0.25) is 0 Å². The van der Waals surface area contributed by atoms with E-state index in [0.717, 1.165) is 18.0 Å². The highest BCUT2D eigenvalue weighted by molar-refractivity contribution is 6.40. The zero-order chi connectivity index (χ0) is 22.3. The maximum absolute atomic E-state index is 13.6. The van der Waals surface area contributed by atoms with E-state index in [4.69, 9.17) is 28.5 Å². The highest BCUT2D eigenvalue weighted by Crippen LogP contribution is 2.49. The number of hydrogen-bond donors (Lipinski definition) is 0. The molecule has 0 aliphatic heterocycles. The van der Waals surface area contributed by atoms with Crippen LogP contribution in [0, 0.1) is 38.5 Å². The van der Waals surface area contributed by atoms with Gasteiger partial charge >= 0.3 is 6.18 Å². The van der Waals surface area contributed by atoms with Crippen molar-refractivity contribution in [3.8, 4) is 6.07 Å². The van der Waals surface area contributed by atoms with E-state index < -0.39 is 38.6 Å². The molecule has 0 radical (unpaired) electrons. The second-order valence-electron chi connectivity index (χ2n) is 5.74. The summed E-state index contributed by atoms with van der Waals surface area (Å²) in [6.07, 6.45) is -5.17. The van der Waals surface area contributed by atoms with E-state index in [2.05, 4.69) is 0 Å². The Labute approximate surface area is 171 Å². The van der Waals surface area contributed by atoms with Crippen molar-refractivity contribution in [2.75, 3.05) is 11.9 Å². The minimum atomic E-state index is -5.17. The lowest BCUT2D eigenvalue weighted by Gasteiger charge is -2.26. The van der Waals surface area contributed by atoms with E-state index in [-0.39, 0.29) is 32.9 Å². The maximum Gasteiger partial charge on any atom is 0.418 e. The number of rotatable bonds is 4. The fourth-order valence-corrected chi connectivity index (χ4v) is 3.37. The molecular formula is C16H9Cl2F3N4O4. The smallest absolute Gasteiger partial charge is 0.336 e. The number of nitro benzene ring substituents is 2. The minimum Gasteiger partial charge on any atom is -0.336 e. The van der Waals surface area contributed by atoms with Gasteiger partial charge in [-0.15, -0.1) is 0 Å². The zero-order valence-corrected chi connectivity index (χ0v) is 16.1. The maximum atomic E-state index is 13.6. The predicted octanol–water partition coefficient (Wildman–Crippen LogP) is 5.78. The van der Waals surface area contributed by atoms with Crippen molar-refractivity contribution in [3.05, 3.63) is 65.2 Å². The average Bonchev–Trinajstić information content (AvgIpc) is 2.62. The first-order valence-corrected chi connectivity index (χ1v) is 8.23. The number of anilines is 2. The van der Waals surface area contributed by atoms with Crippen molar-refractivity contribution in [1.82, 2.24) is 0 Å². The first kappa shape index (κ1) is 22.2. The molecule has 0 aliphatic carbocycles. The van der Waals surface area contributed by atoms with Gasteiger partial charge in [0.15, 0.2) is 0 Å². The van der Waals surface area contributed by atoms with Crippen LogP contribution < -0.4 is 4.90 Å². The Kier molecular flexibility index (Phi) is 5.91. The van der Waals surface area contributed by atoms with Gasteiger partial charge in [-0.05, 0) is 18.6 Å². The van der Waals surface area contributed by atoms with Crippen molar-refractivity contribution in [1.29, 1.82) is 5.26 Å². The summed E-state index contributed by atoms with van der Waals surface area (Å²) >= 11 is 12.2. The van der Waals surface area contributed by atoms with E-state index in [1.165, 1.54) is 6.92 Å². The molecule has 2 rings (SSSR count). The molecule has 0 saturated heterocycles. The van der Waals surface area contributed by atoms with Crippen LogP contribution in [0.25, 0.3) is 0 Å². The minimum absolute atomic E-state index is 0.0615. The van der Waals surface area contributed by atoms with E-state index in [0.29, 0.717) is 6.07 Å². The first-order chi connectivity index (χ1) is 13.3. The van der Waals surface area contributed by atoms with E-state index in [1.54, 1.807) is 0 Å². The molecule has 29 heavy (non-hydrogen) atoms. The Balaban J connectivity index is 2.94. The molecule has 0 amide bonds. The molecule has 0 aromatic heterocycles. The van der Waals surface area contributed by atoms with Gasteiger partial charge in [0.25, 0.3) is 11.4 Å². The lowest BCUT2D eigenvalue weighted by Crippen LogP contribution is -2.19. The molecule has 0 bridgehead atoms. The van der Waals surface area contributed by atoms with Crippen molar-refractivity contribution in [2.45, 2.75) is 13.1 Å². The molecule has 0 saturated carbocycles. The predicted molar refractivity (Wildman–Crippen MR) is 98.7 cm³/mol. The van der Waals surface area contributed by atoms with Crippen LogP contribution in [-0.2, 0) is 6.18 Å². The molecule has 2 aromatic carbocycles. The Morgan fingerprint density at radius 1 is 1.10 bits per heavy atom. The van der Waals surface area contributed by atoms with Crippen LogP contribution in [0.2, 0.25) is 10.0 Å². The number of nitrogens with zero attached hydrogens (tertiary/aromatic N) is 4. The summed E-state index contributed by atoms with van der Waals surface area (Å²) in [5.41, 5.74) is -4.84. The highest BCUT2D eigenvalue weighted by atomic mass is 35.5. The molecule has 2 aromatic rings. The second kappa shape index (κ2) is 7.73. The van der Waals surface area contributed by atoms with Crippen LogP contribution in [0.3, 0.4) is 0 Å². The van der Waals surface area contributed by atoms with Gasteiger partial charge < -0.3 is 4.90 Å². The second-order valence-corrected chi connectivity index (χ2v) is 6.52. The largest absolute Gasteiger partial charge is 0.418 e. The third-order valence-electron chi connectivity index (χ3n) is 4.02. The third kappa shape index (κ3) is 4.03. The van der Waals surface area contributed by atoms with Crippen LogP contribution in [-0.4, -0.2) is 16.9 Å².